The first-order chi connectivity index (χ1) is 11.7. The first kappa shape index (κ1) is 19.0. The number of ether oxygens (including phenoxy) is 1. The molecule has 2 rings (SSSR count). The van der Waals surface area contributed by atoms with Gasteiger partial charge in [-0.05, 0) is 52.7 Å². The smallest absolute Gasteiger partial charge is 0.319 e. The molecule has 2 amide bonds. The molecule has 0 aliphatic heterocycles. The van der Waals surface area contributed by atoms with Crippen molar-refractivity contribution >= 4 is 17.7 Å². The number of hydrogen-bond donors (Lipinski definition) is 2. The fraction of sp³-hybridized carbons (Fsp3) is 0.611. The van der Waals surface area contributed by atoms with Crippen molar-refractivity contribution in [2.45, 2.75) is 65.1 Å². The minimum atomic E-state index is -0.554. The minimum Gasteiger partial charge on any atom is -0.460 e. The fourth-order valence-corrected chi connectivity index (χ4v) is 3.00. The van der Waals surface area contributed by atoms with E-state index in [-0.39, 0.29) is 29.2 Å². The molecular weight excluding hydrogens is 322 g/mol. The van der Waals surface area contributed by atoms with E-state index in [1.165, 1.54) is 4.57 Å². The van der Waals surface area contributed by atoms with Crippen molar-refractivity contribution in [2.75, 3.05) is 5.32 Å². The summed E-state index contributed by atoms with van der Waals surface area (Å²) in [5.41, 5.74) is -0.592. The van der Waals surface area contributed by atoms with Gasteiger partial charge >= 0.3 is 12.0 Å². The van der Waals surface area contributed by atoms with Crippen molar-refractivity contribution in [3.8, 4) is 0 Å². The zero-order valence-corrected chi connectivity index (χ0v) is 15.3. The van der Waals surface area contributed by atoms with E-state index in [1.54, 1.807) is 18.3 Å². The highest BCUT2D eigenvalue weighted by atomic mass is 16.6. The van der Waals surface area contributed by atoms with E-state index in [0.717, 1.165) is 6.42 Å². The highest BCUT2D eigenvalue weighted by molar-refractivity contribution is 5.89. The molecule has 2 atom stereocenters. The second kappa shape index (κ2) is 7.72. The third kappa shape index (κ3) is 5.08. The summed E-state index contributed by atoms with van der Waals surface area (Å²) in [6, 6.07) is 2.51. The first-order valence-corrected chi connectivity index (χ1v) is 8.71. The lowest BCUT2D eigenvalue weighted by Gasteiger charge is -2.25. The quantitative estimate of drug-likeness (QED) is 0.817. The van der Waals surface area contributed by atoms with Gasteiger partial charge in [0.05, 0.1) is 5.92 Å². The number of aromatic nitrogens is 1. The monoisotopic (exact) mass is 349 g/mol. The molecule has 7 heteroatoms. The summed E-state index contributed by atoms with van der Waals surface area (Å²) in [5, 5.41) is 5.39. The van der Waals surface area contributed by atoms with Crippen LogP contribution in [0.3, 0.4) is 0 Å². The Hall–Kier alpha value is -2.31. The molecule has 1 aromatic rings. The molecule has 7 nitrogen and oxygen atoms in total. The number of rotatable bonds is 4. The largest absolute Gasteiger partial charge is 0.460 e. The molecule has 0 bridgehead atoms. The molecule has 138 valence electrons. The predicted molar refractivity (Wildman–Crippen MR) is 95.5 cm³/mol. The number of pyridine rings is 1. The van der Waals surface area contributed by atoms with Gasteiger partial charge in [-0.15, -0.1) is 0 Å². The van der Waals surface area contributed by atoms with Crippen molar-refractivity contribution in [1.82, 2.24) is 9.88 Å². The topological polar surface area (TPSA) is 89.4 Å². The normalized spacial score (nSPS) is 20.2. The standard InChI is InChI=1S/C18H27N3O4/c1-5-21-11-7-10-14(15(21)22)20-17(24)19-13-9-6-8-12(13)16(23)25-18(2,3)4/h7,10-13H,5-6,8-9H2,1-4H3,(H2,19,20,24)/t12-,13+/m0/s1. The molecule has 25 heavy (non-hydrogen) atoms. The number of urea groups is 1. The maximum Gasteiger partial charge on any atom is 0.319 e. The third-order valence-electron chi connectivity index (χ3n) is 4.15. The van der Waals surface area contributed by atoms with Gasteiger partial charge in [0.25, 0.3) is 5.56 Å². The van der Waals surface area contributed by atoms with E-state index in [0.29, 0.717) is 19.4 Å². The number of anilines is 1. The highest BCUT2D eigenvalue weighted by Crippen LogP contribution is 2.28. The number of aryl methyl sites for hydroxylation is 1. The molecule has 1 heterocycles. The van der Waals surface area contributed by atoms with Crippen LogP contribution in [0.25, 0.3) is 0 Å². The Morgan fingerprint density at radius 3 is 2.68 bits per heavy atom. The number of hydrogen-bond acceptors (Lipinski definition) is 4. The van der Waals surface area contributed by atoms with Gasteiger partial charge < -0.3 is 19.9 Å². The molecule has 0 radical (unpaired) electrons. The van der Waals surface area contributed by atoms with Crippen LogP contribution >= 0.6 is 0 Å². The van der Waals surface area contributed by atoms with Crippen LogP contribution in [0, 0.1) is 5.92 Å². The van der Waals surface area contributed by atoms with Crippen LogP contribution < -0.4 is 16.2 Å². The summed E-state index contributed by atoms with van der Waals surface area (Å²) in [4.78, 5) is 36.7. The molecule has 1 saturated carbocycles. The number of nitrogens with one attached hydrogen (secondary N) is 2. The molecule has 1 fully saturated rings. The van der Waals surface area contributed by atoms with Gasteiger partial charge in [0, 0.05) is 18.8 Å². The summed E-state index contributed by atoms with van der Waals surface area (Å²) in [5.74, 6) is -0.642. The number of nitrogens with zero attached hydrogens (tertiary/aromatic N) is 1. The zero-order chi connectivity index (χ0) is 18.6. The summed E-state index contributed by atoms with van der Waals surface area (Å²) in [6.45, 7) is 7.85. The Morgan fingerprint density at radius 1 is 1.32 bits per heavy atom. The van der Waals surface area contributed by atoms with Gasteiger partial charge in [-0.25, -0.2) is 4.79 Å². The molecular formula is C18H27N3O4. The SMILES string of the molecule is CCn1cccc(NC(=O)N[C@@H]2CCC[C@@H]2C(=O)OC(C)(C)C)c1=O. The molecule has 1 aliphatic carbocycles. The van der Waals surface area contributed by atoms with E-state index in [2.05, 4.69) is 10.6 Å². The Balaban J connectivity index is 2.00. The molecule has 1 aliphatic rings. The second-order valence-corrected chi connectivity index (χ2v) is 7.29. The van der Waals surface area contributed by atoms with Crippen molar-refractivity contribution < 1.29 is 14.3 Å². The summed E-state index contributed by atoms with van der Waals surface area (Å²) in [7, 11) is 0. The van der Waals surface area contributed by atoms with Crippen molar-refractivity contribution in [3.63, 3.8) is 0 Å². The molecule has 0 unspecified atom stereocenters. The van der Waals surface area contributed by atoms with E-state index in [9.17, 15) is 14.4 Å². The molecule has 0 aromatic carbocycles. The number of carbonyl (C=O) groups is 2. The van der Waals surface area contributed by atoms with Gasteiger partial charge in [0.15, 0.2) is 0 Å². The first-order valence-electron chi connectivity index (χ1n) is 8.71. The Bertz CT molecular complexity index is 690. The van der Waals surface area contributed by atoms with Crippen molar-refractivity contribution in [3.05, 3.63) is 28.7 Å². The molecule has 2 N–H and O–H groups in total. The van der Waals surface area contributed by atoms with Gasteiger partial charge in [-0.2, -0.15) is 0 Å². The van der Waals surface area contributed by atoms with E-state index >= 15 is 0 Å². The fourth-order valence-electron chi connectivity index (χ4n) is 3.00. The van der Waals surface area contributed by atoms with Crippen LogP contribution in [0.15, 0.2) is 23.1 Å². The van der Waals surface area contributed by atoms with Crippen LogP contribution in [0.5, 0.6) is 0 Å². The lowest BCUT2D eigenvalue weighted by molar-refractivity contribution is -0.160. The minimum absolute atomic E-state index is 0.216. The summed E-state index contributed by atoms with van der Waals surface area (Å²) in [6.07, 6.45) is 3.92. The Labute approximate surface area is 147 Å². The Kier molecular flexibility index (Phi) is 5.87. The Morgan fingerprint density at radius 2 is 2.04 bits per heavy atom. The lowest BCUT2D eigenvalue weighted by Crippen LogP contribution is -2.44. The van der Waals surface area contributed by atoms with Crippen LogP contribution in [0.2, 0.25) is 0 Å². The number of esters is 1. The van der Waals surface area contributed by atoms with Crippen LogP contribution in [0.1, 0.15) is 47.0 Å². The number of amides is 2. The van der Waals surface area contributed by atoms with E-state index in [1.807, 2.05) is 27.7 Å². The van der Waals surface area contributed by atoms with Crippen molar-refractivity contribution in [1.29, 1.82) is 0 Å². The highest BCUT2D eigenvalue weighted by Gasteiger charge is 2.36. The maximum absolute atomic E-state index is 12.3. The summed E-state index contributed by atoms with van der Waals surface area (Å²) < 4.78 is 6.95. The number of carbonyl (C=O) groups excluding carboxylic acids is 2. The van der Waals surface area contributed by atoms with E-state index in [4.69, 9.17) is 4.74 Å². The zero-order valence-electron chi connectivity index (χ0n) is 15.3. The van der Waals surface area contributed by atoms with E-state index < -0.39 is 11.6 Å². The predicted octanol–water partition coefficient (Wildman–Crippen LogP) is 2.50. The van der Waals surface area contributed by atoms with Crippen LogP contribution in [-0.4, -0.2) is 28.2 Å². The van der Waals surface area contributed by atoms with Gasteiger partial charge in [-0.1, -0.05) is 6.42 Å². The molecule has 1 aromatic heterocycles. The molecule has 0 spiro atoms. The molecule has 0 saturated heterocycles. The lowest BCUT2D eigenvalue weighted by atomic mass is 10.0. The van der Waals surface area contributed by atoms with Gasteiger partial charge in [0.2, 0.25) is 0 Å². The van der Waals surface area contributed by atoms with Gasteiger partial charge in [-0.3, -0.25) is 9.59 Å². The second-order valence-electron chi connectivity index (χ2n) is 7.29. The average Bonchev–Trinajstić information content (AvgIpc) is 2.96. The van der Waals surface area contributed by atoms with Crippen LogP contribution in [0.4, 0.5) is 10.5 Å². The van der Waals surface area contributed by atoms with Crippen molar-refractivity contribution in [2.24, 2.45) is 5.92 Å². The average molecular weight is 349 g/mol. The third-order valence-corrected chi connectivity index (χ3v) is 4.15. The maximum atomic E-state index is 12.3. The van der Waals surface area contributed by atoms with Gasteiger partial charge in [0.1, 0.15) is 11.3 Å². The summed E-state index contributed by atoms with van der Waals surface area (Å²) >= 11 is 0. The van der Waals surface area contributed by atoms with Crippen LogP contribution in [-0.2, 0) is 16.1 Å².